The highest BCUT2D eigenvalue weighted by atomic mass is 19.4. The van der Waals surface area contributed by atoms with Crippen LogP contribution in [0.2, 0.25) is 0 Å². The van der Waals surface area contributed by atoms with E-state index in [4.69, 9.17) is 4.74 Å². The van der Waals surface area contributed by atoms with Gasteiger partial charge in [-0.15, -0.1) is 0 Å². The first-order valence-corrected chi connectivity index (χ1v) is 10.7. The summed E-state index contributed by atoms with van der Waals surface area (Å²) in [6, 6.07) is 4.26. The number of H-pyrrole nitrogens is 1. The van der Waals surface area contributed by atoms with Gasteiger partial charge in [0.2, 0.25) is 0 Å². The Morgan fingerprint density at radius 1 is 0.971 bits per heavy atom. The molecule has 1 aliphatic rings. The third kappa shape index (κ3) is 4.97. The van der Waals surface area contributed by atoms with E-state index in [-0.39, 0.29) is 17.9 Å². The minimum absolute atomic E-state index is 0.0495. The maximum atomic E-state index is 13.6. The number of alkyl halides is 6. The Morgan fingerprint density at radius 3 is 2.15 bits per heavy atom. The normalized spacial score (nSPS) is 15.6. The van der Waals surface area contributed by atoms with Crippen LogP contribution in [-0.4, -0.2) is 9.91 Å². The molecule has 182 valence electrons. The summed E-state index contributed by atoms with van der Waals surface area (Å²) in [4.78, 5) is 12.7. The van der Waals surface area contributed by atoms with E-state index < -0.39 is 39.8 Å². The minimum atomic E-state index is -5.31. The summed E-state index contributed by atoms with van der Waals surface area (Å²) in [5.74, 6) is -1.29. The van der Waals surface area contributed by atoms with Crippen molar-refractivity contribution in [3.63, 3.8) is 0 Å². The molecule has 1 aliphatic carbocycles. The molecular formula is C23H20F6N2O3. The highest BCUT2D eigenvalue weighted by Gasteiger charge is 2.44. The molecule has 0 aliphatic heterocycles. The van der Waals surface area contributed by atoms with Crippen LogP contribution in [0.3, 0.4) is 0 Å². The number of hydrogen-bond acceptors (Lipinski definition) is 3. The molecule has 0 atom stereocenters. The van der Waals surface area contributed by atoms with E-state index in [0.717, 1.165) is 37.7 Å². The van der Waals surface area contributed by atoms with Crippen LogP contribution in [0, 0.1) is 16.0 Å². The third-order valence-corrected chi connectivity index (χ3v) is 6.09. The van der Waals surface area contributed by atoms with Crippen LogP contribution in [0.4, 0.5) is 32.0 Å². The predicted molar refractivity (Wildman–Crippen MR) is 112 cm³/mol. The molecule has 1 aromatic heterocycles. The molecule has 0 unspecified atom stereocenters. The summed E-state index contributed by atoms with van der Waals surface area (Å²) >= 11 is 0. The van der Waals surface area contributed by atoms with E-state index >= 15 is 0 Å². The lowest BCUT2D eigenvalue weighted by molar-refractivity contribution is -0.385. The van der Waals surface area contributed by atoms with Crippen molar-refractivity contribution in [2.45, 2.75) is 50.9 Å². The molecule has 5 nitrogen and oxygen atoms in total. The van der Waals surface area contributed by atoms with Gasteiger partial charge in [0.15, 0.2) is 5.75 Å². The monoisotopic (exact) mass is 486 g/mol. The Hall–Kier alpha value is -3.24. The first-order valence-electron chi connectivity index (χ1n) is 10.7. The van der Waals surface area contributed by atoms with Crippen molar-refractivity contribution in [1.29, 1.82) is 0 Å². The van der Waals surface area contributed by atoms with E-state index in [9.17, 15) is 36.5 Å². The van der Waals surface area contributed by atoms with Gasteiger partial charge in [-0.25, -0.2) is 0 Å². The number of rotatable bonds is 5. The Bertz CT molecular complexity index is 1170. The molecular weight excluding hydrogens is 466 g/mol. The molecule has 0 bridgehead atoms. The number of nitro benzene ring substituents is 1. The number of fused-ring (bicyclic) bond motifs is 1. The number of aromatic nitrogens is 1. The van der Waals surface area contributed by atoms with E-state index in [2.05, 4.69) is 4.98 Å². The summed E-state index contributed by atoms with van der Waals surface area (Å²) in [6.07, 6.45) is -2.53. The van der Waals surface area contributed by atoms with Crippen LogP contribution in [0.25, 0.3) is 10.9 Å². The van der Waals surface area contributed by atoms with E-state index in [1.165, 1.54) is 24.6 Å². The SMILES string of the molecule is O=[N+]([O-])c1cc(C(F)(F)F)c(Oc2ccc3[nH]cc(CC4CCCCC4)c3c2)c(C(F)(F)F)c1. The van der Waals surface area contributed by atoms with Crippen molar-refractivity contribution in [1.82, 2.24) is 4.98 Å². The Labute approximate surface area is 189 Å². The maximum Gasteiger partial charge on any atom is 0.420 e. The lowest BCUT2D eigenvalue weighted by atomic mass is 9.85. The zero-order valence-corrected chi connectivity index (χ0v) is 17.7. The number of benzene rings is 2. The van der Waals surface area contributed by atoms with Crippen LogP contribution < -0.4 is 4.74 Å². The van der Waals surface area contributed by atoms with Gasteiger partial charge in [0, 0.05) is 29.2 Å². The second-order valence-electron chi connectivity index (χ2n) is 8.45. The van der Waals surface area contributed by atoms with Crippen molar-refractivity contribution in [3.05, 3.63) is 63.3 Å². The van der Waals surface area contributed by atoms with Gasteiger partial charge < -0.3 is 9.72 Å². The molecule has 34 heavy (non-hydrogen) atoms. The number of nitro groups is 1. The summed E-state index contributed by atoms with van der Waals surface area (Å²) in [5.41, 5.74) is -3.49. The van der Waals surface area contributed by atoms with E-state index in [1.54, 1.807) is 6.20 Å². The highest BCUT2D eigenvalue weighted by Crippen LogP contribution is 2.48. The molecule has 11 heteroatoms. The second-order valence-corrected chi connectivity index (χ2v) is 8.45. The molecule has 0 radical (unpaired) electrons. The summed E-state index contributed by atoms with van der Waals surface area (Å²) < 4.78 is 86.9. The molecule has 1 N–H and O–H groups in total. The van der Waals surface area contributed by atoms with Gasteiger partial charge in [-0.3, -0.25) is 10.1 Å². The van der Waals surface area contributed by atoms with Gasteiger partial charge in [0.1, 0.15) is 16.9 Å². The van der Waals surface area contributed by atoms with Gasteiger partial charge in [-0.2, -0.15) is 26.3 Å². The molecule has 1 saturated carbocycles. The van der Waals surface area contributed by atoms with Gasteiger partial charge >= 0.3 is 12.4 Å². The van der Waals surface area contributed by atoms with Crippen molar-refractivity contribution >= 4 is 16.6 Å². The third-order valence-electron chi connectivity index (χ3n) is 6.09. The van der Waals surface area contributed by atoms with Crippen molar-refractivity contribution in [2.75, 3.05) is 0 Å². The van der Waals surface area contributed by atoms with Gasteiger partial charge in [0.25, 0.3) is 5.69 Å². The predicted octanol–water partition coefficient (Wildman–Crippen LogP) is 8.03. The Morgan fingerprint density at radius 2 is 1.59 bits per heavy atom. The van der Waals surface area contributed by atoms with Crippen LogP contribution in [0.5, 0.6) is 11.5 Å². The zero-order chi connectivity index (χ0) is 24.7. The fourth-order valence-corrected chi connectivity index (χ4v) is 4.46. The zero-order valence-electron chi connectivity index (χ0n) is 17.7. The van der Waals surface area contributed by atoms with Crippen LogP contribution in [0.15, 0.2) is 36.5 Å². The smallest absolute Gasteiger partial charge is 0.420 e. The van der Waals surface area contributed by atoms with Gasteiger partial charge in [-0.1, -0.05) is 32.1 Å². The Kier molecular flexibility index (Phi) is 6.22. The molecule has 0 spiro atoms. The summed E-state index contributed by atoms with van der Waals surface area (Å²) in [6.45, 7) is 0. The first kappa shape index (κ1) is 23.9. The summed E-state index contributed by atoms with van der Waals surface area (Å²) in [5, 5.41) is 11.6. The maximum absolute atomic E-state index is 13.6. The second kappa shape index (κ2) is 8.84. The number of aromatic amines is 1. The number of ether oxygens (including phenoxy) is 1. The molecule has 0 saturated heterocycles. The number of halogens is 6. The fraction of sp³-hybridized carbons (Fsp3) is 0.391. The van der Waals surface area contributed by atoms with Crippen molar-refractivity contribution in [3.8, 4) is 11.5 Å². The first-order chi connectivity index (χ1) is 15.9. The highest BCUT2D eigenvalue weighted by molar-refractivity contribution is 5.84. The lowest BCUT2D eigenvalue weighted by Gasteiger charge is -2.21. The average molecular weight is 486 g/mol. The number of non-ortho nitro benzene ring substituents is 1. The van der Waals surface area contributed by atoms with Crippen LogP contribution in [-0.2, 0) is 18.8 Å². The number of nitrogens with one attached hydrogen (secondary N) is 1. The molecule has 1 fully saturated rings. The van der Waals surface area contributed by atoms with Crippen molar-refractivity contribution in [2.24, 2.45) is 5.92 Å². The van der Waals surface area contributed by atoms with Crippen LogP contribution >= 0.6 is 0 Å². The number of nitrogens with zero attached hydrogens (tertiary/aromatic N) is 1. The topological polar surface area (TPSA) is 68.2 Å². The molecule has 4 rings (SSSR count). The van der Waals surface area contributed by atoms with E-state index in [0.29, 0.717) is 16.8 Å². The molecule has 1 heterocycles. The fourth-order valence-electron chi connectivity index (χ4n) is 4.46. The lowest BCUT2D eigenvalue weighted by Crippen LogP contribution is -2.15. The standard InChI is InChI=1S/C23H20F6N2O3/c24-22(25,26)18-9-15(31(32)33)10-19(23(27,28)29)21(18)34-16-6-7-20-17(11-16)14(12-30-20)8-13-4-2-1-3-5-13/h6-7,9-13,30H,1-5,8H2. The van der Waals surface area contributed by atoms with Crippen LogP contribution in [0.1, 0.15) is 48.8 Å². The average Bonchev–Trinajstić information content (AvgIpc) is 3.15. The van der Waals surface area contributed by atoms with Gasteiger partial charge in [0.05, 0.1) is 4.92 Å². The quantitative estimate of drug-likeness (QED) is 0.226. The van der Waals surface area contributed by atoms with Gasteiger partial charge in [-0.05, 0) is 36.1 Å². The molecule has 3 aromatic rings. The van der Waals surface area contributed by atoms with E-state index in [1.807, 2.05) is 0 Å². The summed E-state index contributed by atoms with van der Waals surface area (Å²) in [7, 11) is 0. The molecule has 2 aromatic carbocycles. The minimum Gasteiger partial charge on any atom is -0.456 e. The Balaban J connectivity index is 1.77. The largest absolute Gasteiger partial charge is 0.456 e. The van der Waals surface area contributed by atoms with Crippen molar-refractivity contribution < 1.29 is 36.0 Å². The number of hydrogen-bond donors (Lipinski definition) is 1. The molecule has 0 amide bonds.